The second kappa shape index (κ2) is 7.30. The molecule has 2 N–H and O–H groups in total. The van der Waals surface area contributed by atoms with Crippen LogP contribution in [0.4, 0.5) is 5.69 Å². The standard InChI is InChI=1S/C15H17N3O5S2/c1-4-12-10(3)7-13(24-12)15(19)16-17-25(22,23)14-8-11(18(20)21)6-5-9(14)2/h5-8,17H,4H2,1-3H3,(H,16,19). The number of non-ortho nitro benzene ring substituents is 1. The fourth-order valence-electron chi connectivity index (χ4n) is 2.20. The van der Waals surface area contributed by atoms with Crippen molar-refractivity contribution in [1.82, 2.24) is 10.3 Å². The quantitative estimate of drug-likeness (QED) is 0.587. The zero-order valence-electron chi connectivity index (χ0n) is 13.8. The van der Waals surface area contributed by atoms with Crippen molar-refractivity contribution in [3.63, 3.8) is 0 Å². The summed E-state index contributed by atoms with van der Waals surface area (Å²) in [6, 6.07) is 5.19. The number of thiophene rings is 1. The summed E-state index contributed by atoms with van der Waals surface area (Å²) in [6.07, 6.45) is 0.780. The Hall–Kier alpha value is -2.30. The van der Waals surface area contributed by atoms with Crippen molar-refractivity contribution in [2.24, 2.45) is 0 Å². The molecule has 0 aliphatic carbocycles. The van der Waals surface area contributed by atoms with Gasteiger partial charge in [0, 0.05) is 17.0 Å². The van der Waals surface area contributed by atoms with E-state index >= 15 is 0 Å². The smallest absolute Gasteiger partial charge is 0.273 e. The van der Waals surface area contributed by atoms with Crippen LogP contribution < -0.4 is 10.3 Å². The Morgan fingerprint density at radius 1 is 1.24 bits per heavy atom. The van der Waals surface area contributed by atoms with Gasteiger partial charge in [-0.3, -0.25) is 20.3 Å². The first-order valence-corrected chi connectivity index (χ1v) is 9.62. The lowest BCUT2D eigenvalue weighted by Gasteiger charge is -2.09. The molecule has 0 radical (unpaired) electrons. The minimum atomic E-state index is -4.14. The maximum Gasteiger partial charge on any atom is 0.276 e. The lowest BCUT2D eigenvalue weighted by atomic mass is 10.2. The number of hydrogen-bond acceptors (Lipinski definition) is 6. The molecule has 0 atom stereocenters. The van der Waals surface area contributed by atoms with Gasteiger partial charge >= 0.3 is 0 Å². The molecular formula is C15H17N3O5S2. The maximum absolute atomic E-state index is 12.3. The molecule has 0 fully saturated rings. The zero-order chi connectivity index (χ0) is 18.8. The molecule has 2 rings (SSSR count). The van der Waals surface area contributed by atoms with Gasteiger partial charge in [-0.15, -0.1) is 16.2 Å². The van der Waals surface area contributed by atoms with Gasteiger partial charge in [0.15, 0.2) is 0 Å². The van der Waals surface area contributed by atoms with Crippen molar-refractivity contribution in [2.45, 2.75) is 32.1 Å². The van der Waals surface area contributed by atoms with E-state index < -0.39 is 20.9 Å². The molecular weight excluding hydrogens is 366 g/mol. The number of rotatable bonds is 6. The molecule has 0 unspecified atom stereocenters. The summed E-state index contributed by atoms with van der Waals surface area (Å²) in [4.78, 5) is 25.4. The number of sulfonamides is 1. The molecule has 25 heavy (non-hydrogen) atoms. The Balaban J connectivity index is 2.20. The molecule has 8 nitrogen and oxygen atoms in total. The number of nitro benzene ring substituents is 1. The highest BCUT2D eigenvalue weighted by atomic mass is 32.2. The third-order valence-corrected chi connectivity index (χ3v) is 6.31. The van der Waals surface area contributed by atoms with Gasteiger partial charge in [-0.25, -0.2) is 8.42 Å². The minimum absolute atomic E-state index is 0.265. The van der Waals surface area contributed by atoms with Crippen molar-refractivity contribution in [3.8, 4) is 0 Å². The number of hydrogen-bond donors (Lipinski definition) is 2. The van der Waals surface area contributed by atoms with Crippen molar-refractivity contribution in [1.29, 1.82) is 0 Å². The van der Waals surface area contributed by atoms with Crippen LogP contribution in [0.1, 0.15) is 32.6 Å². The van der Waals surface area contributed by atoms with E-state index in [-0.39, 0.29) is 10.6 Å². The van der Waals surface area contributed by atoms with Gasteiger partial charge in [0.2, 0.25) is 0 Å². The van der Waals surface area contributed by atoms with E-state index in [9.17, 15) is 23.3 Å². The number of nitrogens with zero attached hydrogens (tertiary/aromatic N) is 1. The van der Waals surface area contributed by atoms with Gasteiger partial charge < -0.3 is 0 Å². The first kappa shape index (κ1) is 19.0. The summed E-state index contributed by atoms with van der Waals surface area (Å²) in [5.41, 5.74) is 3.09. The Morgan fingerprint density at radius 2 is 1.92 bits per heavy atom. The SMILES string of the molecule is CCc1sc(C(=O)NNS(=O)(=O)c2cc([N+](=O)[O-])ccc2C)cc1C. The molecule has 0 saturated heterocycles. The highest BCUT2D eigenvalue weighted by molar-refractivity contribution is 7.89. The first-order valence-electron chi connectivity index (χ1n) is 7.32. The Bertz CT molecular complexity index is 935. The molecule has 1 aromatic heterocycles. The molecule has 10 heteroatoms. The summed E-state index contributed by atoms with van der Waals surface area (Å²) in [5.74, 6) is -0.584. The van der Waals surface area contributed by atoms with Crippen LogP contribution in [0.2, 0.25) is 0 Å². The fourth-order valence-corrected chi connectivity index (χ4v) is 4.32. The number of amides is 1. The van der Waals surface area contributed by atoms with E-state index in [4.69, 9.17) is 0 Å². The first-order chi connectivity index (χ1) is 11.7. The van der Waals surface area contributed by atoms with Crippen LogP contribution in [-0.4, -0.2) is 19.2 Å². The van der Waals surface area contributed by atoms with Crippen molar-refractivity contribution >= 4 is 33.0 Å². The molecule has 0 bridgehead atoms. The number of carbonyl (C=O) groups excluding carboxylic acids is 1. The number of aryl methyl sites for hydroxylation is 3. The van der Waals surface area contributed by atoms with Gasteiger partial charge in [-0.2, -0.15) is 0 Å². The second-order valence-electron chi connectivity index (χ2n) is 5.34. The topological polar surface area (TPSA) is 118 Å². The van der Waals surface area contributed by atoms with Crippen LogP contribution >= 0.6 is 11.3 Å². The van der Waals surface area contributed by atoms with E-state index in [0.717, 1.165) is 22.9 Å². The Kier molecular flexibility index (Phi) is 5.55. The van der Waals surface area contributed by atoms with E-state index in [1.54, 1.807) is 6.07 Å². The lowest BCUT2D eigenvalue weighted by molar-refractivity contribution is -0.385. The lowest BCUT2D eigenvalue weighted by Crippen LogP contribution is -2.41. The molecule has 0 aliphatic heterocycles. The Labute approximate surface area is 149 Å². The largest absolute Gasteiger partial charge is 0.276 e. The summed E-state index contributed by atoms with van der Waals surface area (Å²) >= 11 is 1.29. The van der Waals surface area contributed by atoms with Crippen LogP contribution in [0.3, 0.4) is 0 Å². The van der Waals surface area contributed by atoms with Crippen molar-refractivity contribution in [2.75, 3.05) is 0 Å². The van der Waals surface area contributed by atoms with Crippen molar-refractivity contribution < 1.29 is 18.1 Å². The van der Waals surface area contributed by atoms with E-state index in [1.165, 1.54) is 30.4 Å². The summed E-state index contributed by atoms with van der Waals surface area (Å²) < 4.78 is 24.7. The normalized spacial score (nSPS) is 11.3. The van der Waals surface area contributed by atoms with Gasteiger partial charge in [0.25, 0.3) is 21.6 Å². The van der Waals surface area contributed by atoms with Crippen LogP contribution in [0, 0.1) is 24.0 Å². The summed E-state index contributed by atoms with van der Waals surface area (Å²) in [6.45, 7) is 5.35. The molecule has 0 aliphatic rings. The van der Waals surface area contributed by atoms with Crippen LogP contribution in [0.25, 0.3) is 0 Å². The second-order valence-corrected chi connectivity index (χ2v) is 8.12. The molecule has 2 aromatic rings. The number of nitro groups is 1. The van der Waals surface area contributed by atoms with Crippen molar-refractivity contribution in [3.05, 3.63) is 55.3 Å². The zero-order valence-corrected chi connectivity index (χ0v) is 15.5. The fraction of sp³-hybridized carbons (Fsp3) is 0.267. The molecule has 1 heterocycles. The average molecular weight is 383 g/mol. The minimum Gasteiger partial charge on any atom is -0.273 e. The molecule has 1 aromatic carbocycles. The monoisotopic (exact) mass is 383 g/mol. The van der Waals surface area contributed by atoms with Gasteiger partial charge in [-0.1, -0.05) is 13.0 Å². The number of benzene rings is 1. The van der Waals surface area contributed by atoms with E-state index in [0.29, 0.717) is 10.4 Å². The van der Waals surface area contributed by atoms with Crippen LogP contribution in [0.5, 0.6) is 0 Å². The van der Waals surface area contributed by atoms with E-state index in [1.807, 2.05) is 18.7 Å². The van der Waals surface area contributed by atoms with Gasteiger partial charge in [0.1, 0.15) is 0 Å². The van der Waals surface area contributed by atoms with Gasteiger partial charge in [0.05, 0.1) is 14.7 Å². The van der Waals surface area contributed by atoms with Crippen LogP contribution in [-0.2, 0) is 16.4 Å². The number of nitrogens with one attached hydrogen (secondary N) is 2. The number of carbonyl (C=O) groups is 1. The number of hydrazine groups is 1. The third-order valence-electron chi connectivity index (χ3n) is 3.54. The summed E-state index contributed by atoms with van der Waals surface area (Å²) in [7, 11) is -4.14. The molecule has 134 valence electrons. The van der Waals surface area contributed by atoms with E-state index in [2.05, 4.69) is 5.43 Å². The third kappa shape index (κ3) is 4.21. The Morgan fingerprint density at radius 3 is 2.48 bits per heavy atom. The maximum atomic E-state index is 12.3. The van der Waals surface area contributed by atoms with Crippen LogP contribution in [0.15, 0.2) is 29.2 Å². The molecule has 1 amide bonds. The van der Waals surface area contributed by atoms with Gasteiger partial charge in [-0.05, 0) is 37.5 Å². The predicted octanol–water partition coefficient (Wildman–Crippen LogP) is 2.46. The average Bonchev–Trinajstić information content (AvgIpc) is 2.93. The molecule has 0 saturated carbocycles. The highest BCUT2D eigenvalue weighted by Crippen LogP contribution is 2.23. The molecule has 0 spiro atoms. The summed E-state index contributed by atoms with van der Waals surface area (Å²) in [5, 5.41) is 10.8. The highest BCUT2D eigenvalue weighted by Gasteiger charge is 2.22. The predicted molar refractivity (Wildman–Crippen MR) is 94.1 cm³/mol.